The maximum Gasteiger partial charge on any atom is 0.280 e. The fraction of sp³-hybridized carbons (Fsp3) is 0. The van der Waals surface area contributed by atoms with Crippen molar-refractivity contribution in [3.05, 3.63) is 50.1 Å². The van der Waals surface area contributed by atoms with Crippen molar-refractivity contribution < 1.29 is 14.1 Å². The van der Waals surface area contributed by atoms with Gasteiger partial charge in [-0.05, 0) is 22.8 Å². The highest BCUT2D eigenvalue weighted by atomic mass is 19.1. The Morgan fingerprint density at radius 2 is 2.27 bits per heavy atom. The molecule has 0 saturated heterocycles. The molecule has 0 saturated carbocycles. The monoisotopic (exact) mass is 210 g/mol. The third kappa shape index (κ3) is 2.26. The number of halogens is 1. The van der Waals surface area contributed by atoms with E-state index in [9.17, 15) is 19.3 Å². The molecule has 0 heterocycles. The van der Waals surface area contributed by atoms with Crippen LogP contribution in [0.4, 0.5) is 10.1 Å². The molecule has 15 heavy (non-hydrogen) atoms. The van der Waals surface area contributed by atoms with Gasteiger partial charge in [0.05, 0.1) is 4.92 Å². The Morgan fingerprint density at radius 3 is 2.80 bits per heavy atom. The number of nitro benzene ring substituents is 1. The zero-order chi connectivity index (χ0) is 11.4. The van der Waals surface area contributed by atoms with E-state index in [0.717, 1.165) is 12.1 Å². The van der Waals surface area contributed by atoms with Gasteiger partial charge in [0.15, 0.2) is 0 Å². The zero-order valence-electron chi connectivity index (χ0n) is 7.12. The largest absolute Gasteiger partial charge is 0.287 e. The molecule has 1 amide bonds. The minimum absolute atomic E-state index is 0.571. The summed E-state index contributed by atoms with van der Waals surface area (Å²) >= 11 is 0. The Labute approximate surface area is 81.9 Å². The number of benzene rings is 1. The second-order valence-corrected chi connectivity index (χ2v) is 2.41. The van der Waals surface area contributed by atoms with Crippen molar-refractivity contribution in [3.8, 4) is 0 Å². The predicted molar refractivity (Wildman–Crippen MR) is 46.5 cm³/mol. The Balaban J connectivity index is 3.36. The van der Waals surface area contributed by atoms with E-state index in [1.165, 1.54) is 0 Å². The summed E-state index contributed by atoms with van der Waals surface area (Å²) in [6, 6.07) is 2.32. The normalized spacial score (nSPS) is 9.13. The van der Waals surface area contributed by atoms with Gasteiger partial charge >= 0.3 is 0 Å². The van der Waals surface area contributed by atoms with Gasteiger partial charge in [-0.1, -0.05) is 0 Å². The summed E-state index contributed by atoms with van der Waals surface area (Å²) in [5.41, 5.74) is 6.80. The van der Waals surface area contributed by atoms with Crippen molar-refractivity contribution in [2.45, 2.75) is 0 Å². The summed E-state index contributed by atoms with van der Waals surface area (Å²) in [6.07, 6.45) is 0. The number of azide groups is 1. The smallest absolute Gasteiger partial charge is 0.280 e. The highest BCUT2D eigenvalue weighted by molar-refractivity contribution is 5.98. The van der Waals surface area contributed by atoms with Gasteiger partial charge in [-0.15, -0.1) is 0 Å². The molecule has 1 rings (SSSR count). The number of hydrogen-bond acceptors (Lipinski definition) is 3. The highest BCUT2D eigenvalue weighted by Crippen LogP contribution is 2.20. The van der Waals surface area contributed by atoms with Crippen LogP contribution in [-0.4, -0.2) is 10.8 Å². The first-order valence-corrected chi connectivity index (χ1v) is 3.59. The van der Waals surface area contributed by atoms with Gasteiger partial charge in [-0.25, -0.2) is 4.39 Å². The average molecular weight is 210 g/mol. The maximum absolute atomic E-state index is 12.7. The number of amides is 1. The molecule has 0 fully saturated rings. The van der Waals surface area contributed by atoms with E-state index >= 15 is 0 Å². The Kier molecular flexibility index (Phi) is 2.94. The molecule has 1 aromatic carbocycles. The van der Waals surface area contributed by atoms with Crippen molar-refractivity contribution in [2.24, 2.45) is 5.11 Å². The number of carbonyl (C=O) groups is 1. The molecular weight excluding hydrogens is 207 g/mol. The van der Waals surface area contributed by atoms with Gasteiger partial charge in [0, 0.05) is 11.0 Å². The zero-order valence-corrected chi connectivity index (χ0v) is 7.12. The van der Waals surface area contributed by atoms with E-state index in [0.29, 0.717) is 6.07 Å². The molecule has 0 N–H and O–H groups in total. The lowest BCUT2D eigenvalue weighted by atomic mass is 10.1. The average Bonchev–Trinajstić information content (AvgIpc) is 2.17. The summed E-state index contributed by atoms with van der Waals surface area (Å²) in [5, 5.41) is 13.1. The lowest BCUT2D eigenvalue weighted by Gasteiger charge is -1.97. The van der Waals surface area contributed by atoms with Crippen molar-refractivity contribution >= 4 is 11.6 Å². The summed E-state index contributed by atoms with van der Waals surface area (Å²) in [7, 11) is 0. The molecule has 0 aliphatic rings. The van der Waals surface area contributed by atoms with Gasteiger partial charge in [0.25, 0.3) is 11.6 Å². The number of carbonyl (C=O) groups excluding carboxylic acids is 1. The summed E-state index contributed by atoms with van der Waals surface area (Å²) in [6.45, 7) is 0. The fourth-order valence-electron chi connectivity index (χ4n) is 0.933. The van der Waals surface area contributed by atoms with Gasteiger partial charge in [0.1, 0.15) is 11.4 Å². The van der Waals surface area contributed by atoms with Crippen LogP contribution >= 0.6 is 0 Å². The van der Waals surface area contributed by atoms with E-state index in [1.54, 1.807) is 0 Å². The van der Waals surface area contributed by atoms with Crippen LogP contribution < -0.4 is 0 Å². The molecule has 0 aliphatic carbocycles. The van der Waals surface area contributed by atoms with Crippen LogP contribution in [0.3, 0.4) is 0 Å². The predicted octanol–water partition coefficient (Wildman–Crippen LogP) is 2.18. The lowest BCUT2D eigenvalue weighted by molar-refractivity contribution is -0.385. The fourth-order valence-corrected chi connectivity index (χ4v) is 0.933. The molecule has 1 aromatic rings. The molecule has 0 atom stereocenters. The second-order valence-electron chi connectivity index (χ2n) is 2.41. The molecule has 0 radical (unpaired) electrons. The van der Waals surface area contributed by atoms with E-state index in [1.807, 2.05) is 0 Å². The van der Waals surface area contributed by atoms with Crippen LogP contribution in [0.15, 0.2) is 23.3 Å². The number of hydrogen-bond donors (Lipinski definition) is 0. The van der Waals surface area contributed by atoms with Crippen LogP contribution in [-0.2, 0) is 0 Å². The topological polar surface area (TPSA) is 109 Å². The number of rotatable bonds is 2. The SMILES string of the molecule is [N-]=[N+]=NC(=O)c1cc(F)ccc1[N+](=O)[O-]. The molecular formula is C7H3FN4O3. The number of nitrogens with zero attached hydrogens (tertiary/aromatic N) is 4. The minimum Gasteiger partial charge on any atom is -0.287 e. The van der Waals surface area contributed by atoms with E-state index in [-0.39, 0.29) is 0 Å². The van der Waals surface area contributed by atoms with Gasteiger partial charge in [-0.3, -0.25) is 14.9 Å². The van der Waals surface area contributed by atoms with Crippen LogP contribution in [0.2, 0.25) is 0 Å². The molecule has 0 bridgehead atoms. The summed E-state index contributed by atoms with van der Waals surface area (Å²) in [5.74, 6) is -2.01. The first kappa shape index (κ1) is 10.6. The second kappa shape index (κ2) is 4.16. The van der Waals surface area contributed by atoms with Crippen LogP contribution in [0.1, 0.15) is 10.4 Å². The van der Waals surface area contributed by atoms with Crippen LogP contribution in [0, 0.1) is 15.9 Å². The van der Waals surface area contributed by atoms with Gasteiger partial charge < -0.3 is 0 Å². The van der Waals surface area contributed by atoms with Crippen molar-refractivity contribution in [3.63, 3.8) is 0 Å². The van der Waals surface area contributed by atoms with Crippen LogP contribution in [0.5, 0.6) is 0 Å². The van der Waals surface area contributed by atoms with E-state index in [4.69, 9.17) is 5.53 Å². The van der Waals surface area contributed by atoms with Crippen molar-refractivity contribution in [1.82, 2.24) is 0 Å². The van der Waals surface area contributed by atoms with Crippen molar-refractivity contribution in [2.75, 3.05) is 0 Å². The van der Waals surface area contributed by atoms with E-state index < -0.39 is 27.9 Å². The summed E-state index contributed by atoms with van der Waals surface area (Å²) in [4.78, 5) is 22.8. The molecule has 0 aliphatic heterocycles. The maximum atomic E-state index is 12.7. The molecule has 76 valence electrons. The number of nitro groups is 1. The highest BCUT2D eigenvalue weighted by Gasteiger charge is 2.19. The molecule has 7 nitrogen and oxygen atoms in total. The molecule has 8 heteroatoms. The Hall–Kier alpha value is -2.47. The molecule has 0 aromatic heterocycles. The van der Waals surface area contributed by atoms with E-state index in [2.05, 4.69) is 10.0 Å². The molecule has 0 spiro atoms. The first-order chi connectivity index (χ1) is 7.06. The van der Waals surface area contributed by atoms with Gasteiger partial charge in [-0.2, -0.15) is 0 Å². The van der Waals surface area contributed by atoms with Crippen molar-refractivity contribution in [1.29, 1.82) is 0 Å². The van der Waals surface area contributed by atoms with Crippen LogP contribution in [0.25, 0.3) is 10.4 Å². The lowest BCUT2D eigenvalue weighted by Crippen LogP contribution is -2.01. The first-order valence-electron chi connectivity index (χ1n) is 3.59. The minimum atomic E-state index is -1.19. The Morgan fingerprint density at radius 1 is 1.60 bits per heavy atom. The summed E-state index contributed by atoms with van der Waals surface area (Å²) < 4.78 is 12.7. The quantitative estimate of drug-likeness (QED) is 0.245. The van der Waals surface area contributed by atoms with Gasteiger partial charge in [0.2, 0.25) is 0 Å². The third-order valence-corrected chi connectivity index (χ3v) is 1.52. The third-order valence-electron chi connectivity index (χ3n) is 1.52. The Bertz CT molecular complexity index is 481. The molecule has 0 unspecified atom stereocenters. The standard InChI is InChI=1S/C7H3FN4O3/c8-4-1-2-6(12(14)15)5(3-4)7(13)10-11-9/h1-3H.